The molecule has 0 aliphatic carbocycles. The van der Waals surface area contributed by atoms with Crippen LogP contribution in [0.15, 0.2) is 51.8 Å². The first-order valence-electron chi connectivity index (χ1n) is 10.7. The number of fused-ring (bicyclic) bond motifs is 1. The lowest BCUT2D eigenvalue weighted by molar-refractivity contribution is -0.141. The SMILES string of the molecule is COC(=O)C[C@@H](c1ccc2ncccc2c1)c1oc(CN2CCN(C=O)CC2)cc(=O)c1O. The number of methoxy groups -OCH3 is 1. The van der Waals surface area contributed by atoms with Crippen molar-refractivity contribution in [3.05, 3.63) is 69.9 Å². The number of aromatic hydroxyl groups is 1. The number of pyridine rings is 1. The molecule has 1 fully saturated rings. The van der Waals surface area contributed by atoms with Gasteiger partial charge in [-0.15, -0.1) is 0 Å². The number of benzene rings is 1. The number of esters is 1. The minimum Gasteiger partial charge on any atom is -0.502 e. The summed E-state index contributed by atoms with van der Waals surface area (Å²) in [5.41, 5.74) is 0.901. The average molecular weight is 451 g/mol. The van der Waals surface area contributed by atoms with Gasteiger partial charge in [-0.3, -0.25) is 24.3 Å². The molecule has 0 unspecified atom stereocenters. The zero-order valence-corrected chi connectivity index (χ0v) is 18.3. The highest BCUT2D eigenvalue weighted by Gasteiger charge is 2.27. The lowest BCUT2D eigenvalue weighted by atomic mass is 9.91. The molecule has 0 saturated carbocycles. The number of ether oxygens (including phenoxy) is 1. The van der Waals surface area contributed by atoms with Crippen LogP contribution in [-0.2, 0) is 20.9 Å². The van der Waals surface area contributed by atoms with Gasteiger partial charge in [0.2, 0.25) is 17.6 Å². The summed E-state index contributed by atoms with van der Waals surface area (Å²) in [6.07, 6.45) is 2.41. The fourth-order valence-corrected chi connectivity index (χ4v) is 4.04. The molecule has 1 aliphatic rings. The molecule has 1 aliphatic heterocycles. The van der Waals surface area contributed by atoms with Gasteiger partial charge in [-0.05, 0) is 23.8 Å². The monoisotopic (exact) mass is 451 g/mol. The van der Waals surface area contributed by atoms with Crippen molar-refractivity contribution in [2.45, 2.75) is 18.9 Å². The molecule has 4 rings (SSSR count). The van der Waals surface area contributed by atoms with Crippen LogP contribution in [0.25, 0.3) is 10.9 Å². The lowest BCUT2D eigenvalue weighted by Crippen LogP contribution is -2.45. The molecule has 3 heterocycles. The van der Waals surface area contributed by atoms with Gasteiger partial charge in [0.15, 0.2) is 5.76 Å². The van der Waals surface area contributed by atoms with Crippen LogP contribution in [0.4, 0.5) is 0 Å². The summed E-state index contributed by atoms with van der Waals surface area (Å²) >= 11 is 0. The van der Waals surface area contributed by atoms with E-state index >= 15 is 0 Å². The quantitative estimate of drug-likeness (QED) is 0.428. The first-order chi connectivity index (χ1) is 16.0. The van der Waals surface area contributed by atoms with Crippen molar-refractivity contribution in [2.24, 2.45) is 0 Å². The van der Waals surface area contributed by atoms with E-state index in [9.17, 15) is 19.5 Å². The third-order valence-corrected chi connectivity index (χ3v) is 5.88. The fraction of sp³-hybridized carbons (Fsp3) is 0.333. The van der Waals surface area contributed by atoms with Crippen LogP contribution in [0.3, 0.4) is 0 Å². The zero-order chi connectivity index (χ0) is 23.4. The van der Waals surface area contributed by atoms with E-state index in [0.29, 0.717) is 44.0 Å². The van der Waals surface area contributed by atoms with E-state index in [1.165, 1.54) is 13.2 Å². The summed E-state index contributed by atoms with van der Waals surface area (Å²) in [6.45, 7) is 2.81. The number of carbonyl (C=O) groups excluding carboxylic acids is 2. The van der Waals surface area contributed by atoms with E-state index in [1.807, 2.05) is 24.3 Å². The maximum absolute atomic E-state index is 12.6. The normalized spacial score (nSPS) is 15.4. The van der Waals surface area contributed by atoms with E-state index < -0.39 is 23.1 Å². The summed E-state index contributed by atoms with van der Waals surface area (Å²) in [5.74, 6) is -1.34. The van der Waals surface area contributed by atoms with E-state index in [0.717, 1.165) is 17.3 Å². The highest BCUT2D eigenvalue weighted by atomic mass is 16.5. The van der Waals surface area contributed by atoms with Crippen molar-refractivity contribution in [2.75, 3.05) is 33.3 Å². The van der Waals surface area contributed by atoms with Gasteiger partial charge >= 0.3 is 5.97 Å². The lowest BCUT2D eigenvalue weighted by Gasteiger charge is -2.32. The van der Waals surface area contributed by atoms with Crippen molar-refractivity contribution in [1.82, 2.24) is 14.8 Å². The largest absolute Gasteiger partial charge is 0.502 e. The molecular weight excluding hydrogens is 426 g/mol. The number of carbonyl (C=O) groups is 2. The molecule has 1 N–H and O–H groups in total. The van der Waals surface area contributed by atoms with Gasteiger partial charge < -0.3 is 19.2 Å². The number of aromatic nitrogens is 1. The van der Waals surface area contributed by atoms with Crippen LogP contribution in [0, 0.1) is 0 Å². The first kappa shape index (κ1) is 22.5. The molecular formula is C24H25N3O6. The number of hydrogen-bond acceptors (Lipinski definition) is 8. The van der Waals surface area contributed by atoms with Gasteiger partial charge in [0, 0.05) is 43.8 Å². The van der Waals surface area contributed by atoms with Gasteiger partial charge in [-0.25, -0.2) is 0 Å². The van der Waals surface area contributed by atoms with Gasteiger partial charge in [-0.1, -0.05) is 12.1 Å². The first-order valence-corrected chi connectivity index (χ1v) is 10.7. The number of piperazine rings is 1. The molecule has 9 heteroatoms. The van der Waals surface area contributed by atoms with Crippen molar-refractivity contribution in [1.29, 1.82) is 0 Å². The van der Waals surface area contributed by atoms with Crippen LogP contribution >= 0.6 is 0 Å². The van der Waals surface area contributed by atoms with Gasteiger partial charge in [0.05, 0.1) is 31.5 Å². The second-order valence-electron chi connectivity index (χ2n) is 8.00. The Labute approximate surface area is 190 Å². The number of nitrogens with zero attached hydrogens (tertiary/aromatic N) is 3. The Bertz CT molecular complexity index is 1220. The number of rotatable bonds is 7. The summed E-state index contributed by atoms with van der Waals surface area (Å²) in [4.78, 5) is 43.8. The average Bonchev–Trinajstić information content (AvgIpc) is 2.84. The van der Waals surface area contributed by atoms with Gasteiger partial charge in [-0.2, -0.15) is 0 Å². The molecule has 3 aromatic rings. The van der Waals surface area contributed by atoms with Crippen molar-refractivity contribution >= 4 is 23.3 Å². The highest BCUT2D eigenvalue weighted by molar-refractivity contribution is 5.80. The Morgan fingerprint density at radius 3 is 2.76 bits per heavy atom. The maximum atomic E-state index is 12.6. The topological polar surface area (TPSA) is 113 Å². The predicted molar refractivity (Wildman–Crippen MR) is 120 cm³/mol. The highest BCUT2D eigenvalue weighted by Crippen LogP contribution is 2.34. The predicted octanol–water partition coefficient (Wildman–Crippen LogP) is 1.86. The zero-order valence-electron chi connectivity index (χ0n) is 18.3. The minimum absolute atomic E-state index is 0.0256. The third-order valence-electron chi connectivity index (χ3n) is 5.88. The number of amides is 1. The Morgan fingerprint density at radius 1 is 1.24 bits per heavy atom. The van der Waals surface area contributed by atoms with Crippen molar-refractivity contribution in [3.8, 4) is 5.75 Å². The fourth-order valence-electron chi connectivity index (χ4n) is 4.04. The molecule has 172 valence electrons. The molecule has 0 bridgehead atoms. The smallest absolute Gasteiger partial charge is 0.306 e. The summed E-state index contributed by atoms with van der Waals surface area (Å²) < 4.78 is 10.9. The van der Waals surface area contributed by atoms with Crippen LogP contribution in [0.5, 0.6) is 5.75 Å². The van der Waals surface area contributed by atoms with Crippen molar-refractivity contribution < 1.29 is 23.8 Å². The second-order valence-corrected chi connectivity index (χ2v) is 8.00. The van der Waals surface area contributed by atoms with Gasteiger partial charge in [0.25, 0.3) is 0 Å². The standard InChI is InChI=1S/C24H25N3O6/c1-32-22(30)13-19(16-4-5-20-17(11-16)3-2-6-25-20)24-23(31)21(29)12-18(33-24)14-26-7-9-27(15-28)10-8-26/h2-6,11-12,15,19,31H,7-10,13-14H2,1H3/t19-/m0/s1. The minimum atomic E-state index is -0.721. The van der Waals surface area contributed by atoms with Crippen LogP contribution in [0.2, 0.25) is 0 Å². The van der Waals surface area contributed by atoms with Crippen molar-refractivity contribution in [3.63, 3.8) is 0 Å². The Morgan fingerprint density at radius 2 is 2.03 bits per heavy atom. The van der Waals surface area contributed by atoms with Crippen LogP contribution in [-0.4, -0.2) is 65.6 Å². The Kier molecular flexibility index (Phi) is 6.69. The third kappa shape index (κ3) is 5.04. The molecule has 1 atom stereocenters. The second kappa shape index (κ2) is 9.83. The van der Waals surface area contributed by atoms with E-state index in [1.54, 1.807) is 17.2 Å². The van der Waals surface area contributed by atoms with E-state index in [2.05, 4.69) is 9.88 Å². The maximum Gasteiger partial charge on any atom is 0.306 e. The van der Waals surface area contributed by atoms with Crippen LogP contribution in [0.1, 0.15) is 29.4 Å². The van der Waals surface area contributed by atoms with Gasteiger partial charge in [0.1, 0.15) is 5.76 Å². The van der Waals surface area contributed by atoms with E-state index in [-0.39, 0.29) is 12.2 Å². The molecule has 0 radical (unpaired) electrons. The van der Waals surface area contributed by atoms with E-state index in [4.69, 9.17) is 9.15 Å². The van der Waals surface area contributed by atoms with Crippen LogP contribution < -0.4 is 5.43 Å². The molecule has 1 amide bonds. The summed E-state index contributed by atoms with van der Waals surface area (Å²) in [7, 11) is 1.29. The number of hydrogen-bond donors (Lipinski definition) is 1. The molecule has 1 aromatic carbocycles. The molecule has 33 heavy (non-hydrogen) atoms. The molecule has 1 saturated heterocycles. The molecule has 0 spiro atoms. The summed E-state index contributed by atoms with van der Waals surface area (Å²) in [6, 6.07) is 10.5. The summed E-state index contributed by atoms with van der Waals surface area (Å²) in [5, 5.41) is 11.5. The Hall–Kier alpha value is -3.72. The molecule has 2 aromatic heterocycles. The molecule has 9 nitrogen and oxygen atoms in total. The Balaban J connectivity index is 1.70.